The van der Waals surface area contributed by atoms with Crippen molar-refractivity contribution in [1.29, 1.82) is 0 Å². The van der Waals surface area contributed by atoms with Crippen molar-refractivity contribution in [2.75, 3.05) is 18.8 Å². The Kier molecular flexibility index (Phi) is 578. The Morgan fingerprint density at radius 1 is 0.218 bits per heavy atom. The largest absolute Gasteiger partial charge is 0.358 e. The third kappa shape index (κ3) is 201. The third-order valence-electron chi connectivity index (χ3n) is 10.4. The molecule has 33 radical (unpaired) electrons. The van der Waals surface area contributed by atoms with Gasteiger partial charge in [-0.2, -0.15) is 0 Å². The molecule has 13 atom stereocenters. The fourth-order valence-electron chi connectivity index (χ4n) is 6.77. The van der Waals surface area contributed by atoms with Crippen molar-refractivity contribution in [3.63, 3.8) is 0 Å². The molecule has 13 unspecified atom stereocenters. The van der Waals surface area contributed by atoms with Crippen LogP contribution in [0, 0.1) is 103 Å². The molecule has 11 aromatic carbocycles. The Morgan fingerprint density at radius 3 is 0.556 bits per heavy atom. The zero-order valence-electron chi connectivity index (χ0n) is 85.3. The SMILES string of the molecule is CCC.CCC.CCC.CS(=S)PP.CS(=S)PP.CS(=S)PP.C[B]C.Cc1ccc2c(ccc3cc(PP)ccc32)c1.Cc1ccc2cc3cc(PP)ccc3cc2c1.[CH3-].[CH3-].[CH3-].[CH3-].[CH3-].[CH3-].[CH3-].[CH3-].[CH3-].[CH3-].[CH3-].[CH3-].[Y].[Y].[Y].[Y].[Y].[Y].[Y].[Y].[Y].[Y].[Y].[Y].[Y].[Y].[Y].[Y].[Y].[Y].[Y].[Y].[Y].[Y].[Y].[Y].[Y].[Y].[Y].[Y].[Y].[Y].[Y].[Y].c1ccc2ccccc2c1.c1ccccc1.c1ccccc1.c1ccccc1. The van der Waals surface area contributed by atoms with Crippen LogP contribution in [-0.4, -0.2) is 26.0 Å². The maximum absolute atomic E-state index is 4.80. The molecule has 0 aliphatic heterocycles. The normalized spacial score (nSPS) is 7.32. The standard InChI is InChI=1S/2C15H14P2.C10H8.3C6H6.3C3H8.C2H6B.3CH6P2S2.12CH3.32Y/c1-10-2-6-14-11(8-10)3-4-12-9-13(17-16)5-7-15(12)14;1-10-2-3-11-8-14-9-15(17-16)5-4-12(14)7-13(11)6-10;1-2-6-10-8-4-3-7-9(10)5-1;3*1-2-4-6-5-3-1;4*1-3-2;3*1-5(4)3-2;;;;;;;;;;;;;;;;;;;;;;;;;;;;;;;;;;;;;;;;;;;;/h2*2-9,17H,16H2,1H3;1-8H;3*1-6H;3*3H2,1-2H3;1-2H3;3*3H,2H2,1H3;12*1H3;;;;;;;;;;;;;;;;;;;;;;;;;;;;;;;;/q;;;;;;;;;;;;;12*-1;;;;;;;;;;;;;;;;;;;;;;;;;;;;;;;;. The zero-order valence-corrected chi connectivity index (χ0v) is 192. The summed E-state index contributed by atoms with van der Waals surface area (Å²) in [6.07, 6.45) is 9.92. The smallest absolute Gasteiger partial charge is 0.102 e. The van der Waals surface area contributed by atoms with Gasteiger partial charge in [0.25, 0.3) is 0 Å². The number of benzene rings is 11. The van der Waals surface area contributed by atoms with Gasteiger partial charge in [0, 0.05) is 1050 Å². The molecule has 0 N–H and O–H groups in total. The van der Waals surface area contributed by atoms with E-state index in [9.17, 15) is 0 Å². The molecule has 0 saturated carbocycles. The number of hydrogen-bond acceptors (Lipinski definition) is 3. The summed E-state index contributed by atoms with van der Waals surface area (Å²) in [7, 11) is 20.4. The minimum Gasteiger partial charge on any atom is -0.358 e. The van der Waals surface area contributed by atoms with Gasteiger partial charge in [-0.15, -0.1) is 71.9 Å². The minimum atomic E-state index is 0. The van der Waals surface area contributed by atoms with Crippen LogP contribution in [0.25, 0.3) is 53.9 Å². The molecular weight excluding hydrogens is 4370 g/mol. The predicted octanol–water partition coefficient (Wildman–Crippen LogP) is 30.3. The monoisotopic (exact) mass is 4500 g/mol. The molecule has 0 nitrogen and oxygen atoms in total. The molecule has 11 rings (SSSR count). The second kappa shape index (κ2) is 244. The summed E-state index contributed by atoms with van der Waals surface area (Å²) in [6.45, 7) is 21.0. The Morgan fingerprint density at radius 2 is 0.361 bits per heavy atom. The Balaban J connectivity index is -0.0000000141. The molecule has 49 heteroatoms. The maximum atomic E-state index is 4.80. The molecule has 0 fully saturated rings. The van der Waals surface area contributed by atoms with Crippen molar-refractivity contribution in [3.05, 3.63) is 355 Å². The van der Waals surface area contributed by atoms with E-state index in [-0.39, 0.29) is 1160 Å². The summed E-state index contributed by atoms with van der Waals surface area (Å²) in [6, 6.07) is 88.5. The summed E-state index contributed by atoms with van der Waals surface area (Å²) in [5.41, 5.74) is 2.64. The summed E-state index contributed by atoms with van der Waals surface area (Å²) < 4.78 is 0. The van der Waals surface area contributed by atoms with Gasteiger partial charge in [0.05, 0.1) is 0 Å². The van der Waals surface area contributed by atoms with E-state index in [1.165, 1.54) is 94.9 Å². The van der Waals surface area contributed by atoms with E-state index in [1.54, 1.807) is 0 Å². The van der Waals surface area contributed by atoms with Crippen LogP contribution in [0.5, 0.6) is 0 Å². The number of fused-ring (bicyclic) bond motifs is 6. The Labute approximate surface area is 1680 Å². The molecule has 0 aliphatic rings. The molecule has 671 valence electrons. The average molecular weight is 4510 g/mol. The first kappa shape index (κ1) is 314. The Bertz CT molecular complexity index is 3340. The molecule has 0 aromatic heterocycles. The van der Waals surface area contributed by atoms with Gasteiger partial charge in [-0.3, -0.25) is 0 Å². The van der Waals surface area contributed by atoms with Gasteiger partial charge in [0.15, 0.2) is 0 Å². The van der Waals surface area contributed by atoms with E-state index < -0.39 is 0 Å². The van der Waals surface area contributed by atoms with Gasteiger partial charge < -0.3 is 89.1 Å². The first-order chi connectivity index (χ1) is 43.0. The molecule has 11 aromatic rings. The van der Waals surface area contributed by atoms with Crippen molar-refractivity contribution in [2.24, 2.45) is 0 Å². The van der Waals surface area contributed by atoms with Crippen LogP contribution in [-0.2, 0) is 1110 Å². The number of hydrogen-bond donors (Lipinski definition) is 0. The third-order valence-corrected chi connectivity index (χ3v) is 34.5. The molecule has 0 spiro atoms. The van der Waals surface area contributed by atoms with Gasteiger partial charge >= 0.3 is 0 Å². The Hall–Kier alpha value is 34.1. The zero-order chi connectivity index (χ0) is 66.9. The van der Waals surface area contributed by atoms with Gasteiger partial charge in [0.2, 0.25) is 0 Å². The molecule has 0 saturated heterocycles. The number of aryl methyl sites for hydroxylation is 2. The summed E-state index contributed by atoms with van der Waals surface area (Å²) >= 11 is 14.4. The molecule has 133 heavy (non-hydrogen) atoms. The summed E-state index contributed by atoms with van der Waals surface area (Å²) in [4.78, 5) is 0. The van der Waals surface area contributed by atoms with Crippen LogP contribution >= 0.6 is 83.6 Å². The van der Waals surface area contributed by atoms with Gasteiger partial charge in [-0.25, -0.2) is 0 Å². The van der Waals surface area contributed by atoms with Crippen LogP contribution in [0.4, 0.5) is 0 Å². The molecular formula is C84H138BP10S6Y32-12. The summed E-state index contributed by atoms with van der Waals surface area (Å²) in [5.74, 6) is 0. The fraction of sp³-hybridized carbons (Fsp3) is 0.190. The second-order valence-corrected chi connectivity index (χ2v) is 47.1. The van der Waals surface area contributed by atoms with Crippen LogP contribution < -0.4 is 10.6 Å². The van der Waals surface area contributed by atoms with Crippen LogP contribution in [0.15, 0.2) is 255 Å². The molecule has 0 bridgehead atoms. The first-order valence-corrected chi connectivity index (χ1v) is 53.2. The van der Waals surface area contributed by atoms with Crippen LogP contribution in [0.2, 0.25) is 13.6 Å². The van der Waals surface area contributed by atoms with Crippen LogP contribution in [0.1, 0.15) is 71.9 Å². The molecule has 0 aliphatic carbocycles. The van der Waals surface area contributed by atoms with Gasteiger partial charge in [0.1, 0.15) is 7.28 Å². The molecule has 0 amide bonds. The number of rotatable bonds is 5. The average Bonchev–Trinajstić information content (AvgIpc) is 0.793. The summed E-state index contributed by atoms with van der Waals surface area (Å²) in [5, 5.41) is 16.1. The fourth-order valence-corrected chi connectivity index (χ4v) is 8.69. The van der Waals surface area contributed by atoms with Crippen molar-refractivity contribution >= 4 is 216 Å². The van der Waals surface area contributed by atoms with E-state index in [4.69, 9.17) is 33.6 Å². The second-order valence-electron chi connectivity index (χ2n) is 19.0. The van der Waals surface area contributed by atoms with Gasteiger partial charge in [-0.05, 0) is 177 Å². The minimum absolute atomic E-state index is 0. The van der Waals surface area contributed by atoms with E-state index >= 15 is 0 Å². The topological polar surface area (TPSA) is 0 Å². The quantitative estimate of drug-likeness (QED) is 0.0554. The maximum Gasteiger partial charge on any atom is 0.102 e. The van der Waals surface area contributed by atoms with Crippen molar-refractivity contribution in [1.82, 2.24) is 0 Å². The van der Waals surface area contributed by atoms with E-state index in [0.29, 0.717) is 0 Å². The first-order valence-electron chi connectivity index (χ1n) is 29.4. The van der Waals surface area contributed by atoms with E-state index in [1.807, 2.05) is 130 Å². The van der Waals surface area contributed by atoms with Crippen molar-refractivity contribution in [3.8, 4) is 0 Å². The van der Waals surface area contributed by atoms with Crippen LogP contribution in [0.3, 0.4) is 0 Å². The molecule has 0 heterocycles. The van der Waals surface area contributed by atoms with Crippen molar-refractivity contribution in [2.45, 2.75) is 88.3 Å². The van der Waals surface area contributed by atoms with E-state index in [0.717, 1.165) is 39.0 Å². The van der Waals surface area contributed by atoms with Crippen molar-refractivity contribution < 1.29 is 1050 Å². The van der Waals surface area contributed by atoms with Gasteiger partial charge in [-0.1, -0.05) is 333 Å². The predicted molar refractivity (Wildman–Crippen MR) is 549 cm³/mol. The van der Waals surface area contributed by atoms with E-state index in [2.05, 4.69) is 264 Å².